The quantitative estimate of drug-likeness (QED) is 0.878. The molecular formula is C12H20N2OS. The van der Waals surface area contributed by atoms with E-state index in [2.05, 4.69) is 16.8 Å². The number of hydrogen-bond donors (Lipinski definition) is 1. The highest BCUT2D eigenvalue weighted by Crippen LogP contribution is 2.23. The maximum absolute atomic E-state index is 9.64. The first-order chi connectivity index (χ1) is 7.66. The lowest BCUT2D eigenvalue weighted by Gasteiger charge is -2.33. The lowest BCUT2D eigenvalue weighted by Crippen LogP contribution is -2.38. The lowest BCUT2D eigenvalue weighted by atomic mass is 9.93. The van der Waals surface area contributed by atoms with E-state index in [9.17, 15) is 5.11 Å². The van der Waals surface area contributed by atoms with Gasteiger partial charge >= 0.3 is 0 Å². The molecule has 0 bridgehead atoms. The van der Waals surface area contributed by atoms with Crippen molar-refractivity contribution in [2.24, 2.45) is 5.92 Å². The zero-order chi connectivity index (χ0) is 11.5. The molecule has 0 amide bonds. The molecule has 0 aliphatic carbocycles. The van der Waals surface area contributed by atoms with E-state index in [0.29, 0.717) is 5.92 Å². The first kappa shape index (κ1) is 12.0. The number of aliphatic hydroxyl groups excluding tert-OH is 1. The first-order valence-corrected chi connectivity index (χ1v) is 6.84. The molecule has 0 radical (unpaired) electrons. The van der Waals surface area contributed by atoms with Crippen LogP contribution in [0.4, 0.5) is 0 Å². The largest absolute Gasteiger partial charge is 0.393 e. The number of aryl methyl sites for hydroxylation is 1. The number of aliphatic hydroxyl groups is 1. The second-order valence-electron chi connectivity index (χ2n) is 4.74. The van der Waals surface area contributed by atoms with E-state index in [1.54, 1.807) is 11.3 Å². The van der Waals surface area contributed by atoms with E-state index in [-0.39, 0.29) is 6.10 Å². The molecule has 4 heteroatoms. The smallest absolute Gasteiger partial charge is 0.0798 e. The predicted molar refractivity (Wildman–Crippen MR) is 66.5 cm³/mol. The van der Waals surface area contributed by atoms with Gasteiger partial charge in [0.15, 0.2) is 0 Å². The van der Waals surface area contributed by atoms with Crippen LogP contribution in [0.5, 0.6) is 0 Å². The second kappa shape index (κ2) is 5.25. The molecule has 0 unspecified atom stereocenters. The topological polar surface area (TPSA) is 36.4 Å². The fourth-order valence-corrected chi connectivity index (χ4v) is 3.13. The molecule has 16 heavy (non-hydrogen) atoms. The van der Waals surface area contributed by atoms with E-state index in [1.807, 2.05) is 12.4 Å². The minimum absolute atomic E-state index is 0.176. The van der Waals surface area contributed by atoms with Gasteiger partial charge in [-0.2, -0.15) is 0 Å². The van der Waals surface area contributed by atoms with Crippen LogP contribution >= 0.6 is 11.3 Å². The molecule has 2 rings (SSSR count). The Morgan fingerprint density at radius 2 is 2.50 bits per heavy atom. The van der Waals surface area contributed by atoms with Gasteiger partial charge in [0.1, 0.15) is 0 Å². The van der Waals surface area contributed by atoms with Gasteiger partial charge in [0.2, 0.25) is 0 Å². The zero-order valence-electron chi connectivity index (χ0n) is 10.0. The third kappa shape index (κ3) is 2.81. The zero-order valence-corrected chi connectivity index (χ0v) is 10.8. The van der Waals surface area contributed by atoms with Gasteiger partial charge in [-0.15, -0.1) is 11.3 Å². The molecule has 90 valence electrons. The van der Waals surface area contributed by atoms with Crippen LogP contribution in [0.2, 0.25) is 0 Å². The van der Waals surface area contributed by atoms with Crippen LogP contribution in [0.1, 0.15) is 30.3 Å². The Morgan fingerprint density at radius 3 is 3.12 bits per heavy atom. The molecule has 1 aliphatic heterocycles. The van der Waals surface area contributed by atoms with Crippen molar-refractivity contribution in [3.63, 3.8) is 0 Å². The Labute approximate surface area is 101 Å². The highest BCUT2D eigenvalue weighted by atomic mass is 32.1. The van der Waals surface area contributed by atoms with Crippen molar-refractivity contribution < 1.29 is 5.11 Å². The average molecular weight is 240 g/mol. The van der Waals surface area contributed by atoms with E-state index < -0.39 is 0 Å². The molecule has 1 saturated heterocycles. The molecule has 0 aromatic carbocycles. The molecule has 0 saturated carbocycles. The molecule has 1 aromatic heterocycles. The Hall–Kier alpha value is -0.450. The van der Waals surface area contributed by atoms with E-state index in [1.165, 1.54) is 11.3 Å². The third-order valence-electron chi connectivity index (χ3n) is 3.44. The number of thiazole rings is 1. The number of likely N-dealkylation sites (tertiary alicyclic amines) is 1. The van der Waals surface area contributed by atoms with E-state index >= 15 is 0 Å². The second-order valence-corrected chi connectivity index (χ2v) is 5.68. The summed E-state index contributed by atoms with van der Waals surface area (Å²) >= 11 is 1.74. The maximum atomic E-state index is 9.64. The number of aromatic nitrogens is 1. The van der Waals surface area contributed by atoms with Crippen LogP contribution in [0, 0.1) is 12.8 Å². The summed E-state index contributed by atoms with van der Waals surface area (Å²) in [5.41, 5.74) is 3.07. The van der Waals surface area contributed by atoms with Gasteiger partial charge in [-0.05, 0) is 39.2 Å². The SMILES string of the molecule is Cc1ncsc1CN1CCC[C@@H]([C@H](C)O)C1. The fraction of sp³-hybridized carbons (Fsp3) is 0.750. The van der Waals surface area contributed by atoms with Crippen molar-refractivity contribution in [2.75, 3.05) is 13.1 Å². The molecular weight excluding hydrogens is 220 g/mol. The van der Waals surface area contributed by atoms with Gasteiger partial charge < -0.3 is 5.11 Å². The number of piperidine rings is 1. The third-order valence-corrected chi connectivity index (χ3v) is 4.36. The molecule has 1 aromatic rings. The van der Waals surface area contributed by atoms with Gasteiger partial charge in [-0.25, -0.2) is 4.98 Å². The summed E-state index contributed by atoms with van der Waals surface area (Å²) in [6.07, 6.45) is 2.19. The van der Waals surface area contributed by atoms with Crippen LogP contribution in [0.25, 0.3) is 0 Å². The highest BCUT2D eigenvalue weighted by Gasteiger charge is 2.23. The molecule has 1 N–H and O–H groups in total. The highest BCUT2D eigenvalue weighted by molar-refractivity contribution is 7.09. The Kier molecular flexibility index (Phi) is 3.95. The van der Waals surface area contributed by atoms with Crippen LogP contribution in [-0.2, 0) is 6.54 Å². The summed E-state index contributed by atoms with van der Waals surface area (Å²) < 4.78 is 0. The summed E-state index contributed by atoms with van der Waals surface area (Å²) in [4.78, 5) is 8.09. The van der Waals surface area contributed by atoms with Gasteiger partial charge in [-0.1, -0.05) is 0 Å². The van der Waals surface area contributed by atoms with Crippen molar-refractivity contribution in [3.05, 3.63) is 16.1 Å². The standard InChI is InChI=1S/C12H20N2OS/c1-9-12(16-8-13-9)7-14-5-3-4-11(6-14)10(2)15/h8,10-11,15H,3-7H2,1-2H3/t10-,11+/m0/s1. The summed E-state index contributed by atoms with van der Waals surface area (Å²) in [6.45, 7) is 7.16. The van der Waals surface area contributed by atoms with E-state index in [4.69, 9.17) is 0 Å². The summed E-state index contributed by atoms with van der Waals surface area (Å²) in [5, 5.41) is 9.64. The Morgan fingerprint density at radius 1 is 1.69 bits per heavy atom. The molecule has 0 spiro atoms. The van der Waals surface area contributed by atoms with Crippen LogP contribution in [-0.4, -0.2) is 34.2 Å². The van der Waals surface area contributed by atoms with Gasteiger partial charge in [0, 0.05) is 18.0 Å². The number of hydrogen-bond acceptors (Lipinski definition) is 4. The van der Waals surface area contributed by atoms with Crippen molar-refractivity contribution >= 4 is 11.3 Å². The molecule has 2 atom stereocenters. The molecule has 1 aliphatic rings. The predicted octanol–water partition coefficient (Wildman–Crippen LogP) is 2.04. The van der Waals surface area contributed by atoms with Crippen molar-refractivity contribution in [2.45, 2.75) is 39.3 Å². The maximum Gasteiger partial charge on any atom is 0.0798 e. The van der Waals surface area contributed by atoms with Crippen molar-refractivity contribution in [1.29, 1.82) is 0 Å². The number of rotatable bonds is 3. The van der Waals surface area contributed by atoms with Crippen LogP contribution in [0.15, 0.2) is 5.51 Å². The lowest BCUT2D eigenvalue weighted by molar-refractivity contribution is 0.0602. The summed E-state index contributed by atoms with van der Waals surface area (Å²) in [7, 11) is 0. The Balaban J connectivity index is 1.93. The Bertz CT molecular complexity index is 338. The first-order valence-electron chi connectivity index (χ1n) is 5.96. The monoisotopic (exact) mass is 240 g/mol. The molecule has 2 heterocycles. The molecule has 1 fully saturated rings. The number of nitrogens with zero attached hydrogens (tertiary/aromatic N) is 2. The molecule has 3 nitrogen and oxygen atoms in total. The fourth-order valence-electron chi connectivity index (χ4n) is 2.31. The van der Waals surface area contributed by atoms with Gasteiger partial charge in [0.05, 0.1) is 17.3 Å². The summed E-state index contributed by atoms with van der Waals surface area (Å²) in [5.74, 6) is 0.446. The normalized spacial score (nSPS) is 24.6. The van der Waals surface area contributed by atoms with Crippen molar-refractivity contribution in [3.8, 4) is 0 Å². The van der Waals surface area contributed by atoms with Gasteiger partial charge in [-0.3, -0.25) is 4.90 Å². The van der Waals surface area contributed by atoms with Crippen LogP contribution in [0.3, 0.4) is 0 Å². The summed E-state index contributed by atoms with van der Waals surface area (Å²) in [6, 6.07) is 0. The van der Waals surface area contributed by atoms with E-state index in [0.717, 1.165) is 31.7 Å². The van der Waals surface area contributed by atoms with Crippen molar-refractivity contribution in [1.82, 2.24) is 9.88 Å². The average Bonchev–Trinajstić information content (AvgIpc) is 2.65. The van der Waals surface area contributed by atoms with Gasteiger partial charge in [0.25, 0.3) is 0 Å². The minimum Gasteiger partial charge on any atom is -0.393 e. The van der Waals surface area contributed by atoms with Crippen LogP contribution < -0.4 is 0 Å². The minimum atomic E-state index is -0.176.